The highest BCUT2D eigenvalue weighted by molar-refractivity contribution is 6.20. The third-order valence-corrected chi connectivity index (χ3v) is 3.49. The Bertz CT molecular complexity index is 222. The van der Waals surface area contributed by atoms with E-state index in [9.17, 15) is 4.79 Å². The largest absolute Gasteiger partial charge is 0.353 e. The maximum absolute atomic E-state index is 12.0. The fourth-order valence-electron chi connectivity index (χ4n) is 2.33. The molecule has 0 aromatic rings. The van der Waals surface area contributed by atoms with Gasteiger partial charge in [-0.3, -0.25) is 4.79 Å². The van der Waals surface area contributed by atoms with Gasteiger partial charge in [-0.05, 0) is 33.1 Å². The Hall–Kier alpha value is -0.240. The van der Waals surface area contributed by atoms with Crippen LogP contribution >= 0.6 is 11.6 Å². The summed E-state index contributed by atoms with van der Waals surface area (Å²) in [6, 6.07) is 0.183. The van der Waals surface area contributed by atoms with E-state index in [1.807, 2.05) is 13.8 Å². The summed E-state index contributed by atoms with van der Waals surface area (Å²) < 4.78 is 0. The van der Waals surface area contributed by atoms with Crippen LogP contribution in [0.1, 0.15) is 52.9 Å². The number of carbonyl (C=O) groups is 1. The zero-order chi connectivity index (χ0) is 11.5. The summed E-state index contributed by atoms with van der Waals surface area (Å²) in [5, 5.41) is 3.19. The highest BCUT2D eigenvalue weighted by Gasteiger charge is 2.36. The maximum Gasteiger partial charge on any atom is 0.226 e. The van der Waals surface area contributed by atoms with Crippen LogP contribution in [0.4, 0.5) is 0 Å². The molecule has 2 atom stereocenters. The van der Waals surface area contributed by atoms with Crippen molar-refractivity contribution >= 4 is 17.5 Å². The van der Waals surface area contributed by atoms with Crippen molar-refractivity contribution in [1.29, 1.82) is 0 Å². The first-order valence-corrected chi connectivity index (χ1v) is 6.33. The van der Waals surface area contributed by atoms with Gasteiger partial charge in [-0.2, -0.15) is 0 Å². The van der Waals surface area contributed by atoms with Gasteiger partial charge in [0.05, 0.1) is 0 Å². The van der Waals surface area contributed by atoms with Gasteiger partial charge >= 0.3 is 0 Å². The van der Waals surface area contributed by atoms with Crippen molar-refractivity contribution in [3.63, 3.8) is 0 Å². The zero-order valence-electron chi connectivity index (χ0n) is 9.98. The number of nitrogens with one attached hydrogen (secondary N) is 1. The summed E-state index contributed by atoms with van der Waals surface area (Å²) in [5.41, 5.74) is -0.121. The van der Waals surface area contributed by atoms with Gasteiger partial charge in [0.25, 0.3) is 0 Å². The van der Waals surface area contributed by atoms with Crippen molar-refractivity contribution < 1.29 is 4.79 Å². The van der Waals surface area contributed by atoms with Gasteiger partial charge in [-0.15, -0.1) is 11.6 Å². The minimum Gasteiger partial charge on any atom is -0.353 e. The number of hydrogen-bond acceptors (Lipinski definition) is 1. The number of rotatable bonds is 4. The van der Waals surface area contributed by atoms with Gasteiger partial charge in [0.1, 0.15) is 0 Å². The molecule has 0 heterocycles. The Kier molecular flexibility index (Phi) is 4.45. The minimum atomic E-state index is -0.121. The Morgan fingerprint density at radius 2 is 1.93 bits per heavy atom. The molecule has 3 heteroatoms. The first-order valence-electron chi connectivity index (χ1n) is 5.89. The molecule has 2 nitrogen and oxygen atoms in total. The average Bonchev–Trinajstić information content (AvgIpc) is 2.51. The van der Waals surface area contributed by atoms with E-state index in [0.29, 0.717) is 0 Å². The molecule has 15 heavy (non-hydrogen) atoms. The van der Waals surface area contributed by atoms with Crippen LogP contribution in [0.15, 0.2) is 0 Å². The molecule has 1 fully saturated rings. The number of halogens is 1. The Morgan fingerprint density at radius 3 is 2.40 bits per heavy atom. The van der Waals surface area contributed by atoms with Crippen LogP contribution in [-0.2, 0) is 4.79 Å². The molecular weight excluding hydrogens is 210 g/mol. The van der Waals surface area contributed by atoms with Crippen molar-refractivity contribution in [1.82, 2.24) is 5.32 Å². The van der Waals surface area contributed by atoms with E-state index in [4.69, 9.17) is 11.6 Å². The van der Waals surface area contributed by atoms with Gasteiger partial charge < -0.3 is 5.32 Å². The lowest BCUT2D eigenvalue weighted by atomic mass is 9.87. The number of hydrogen-bond donors (Lipinski definition) is 1. The molecule has 0 aromatic carbocycles. The normalized spacial score (nSPS) is 23.5. The van der Waals surface area contributed by atoms with E-state index < -0.39 is 0 Å². The highest BCUT2D eigenvalue weighted by Crippen LogP contribution is 2.37. The van der Waals surface area contributed by atoms with Crippen LogP contribution in [0, 0.1) is 5.41 Å². The molecule has 0 radical (unpaired) electrons. The van der Waals surface area contributed by atoms with Crippen LogP contribution < -0.4 is 5.32 Å². The number of amides is 1. The average molecular weight is 232 g/mol. The van der Waals surface area contributed by atoms with Crippen molar-refractivity contribution in [3.8, 4) is 0 Å². The standard InChI is InChI=1S/C12H22ClNO/c1-9(13)8-10(2)14-11(15)12(3)6-4-5-7-12/h9-10H,4-8H2,1-3H3,(H,14,15). The Labute approximate surface area is 97.8 Å². The first kappa shape index (κ1) is 12.8. The summed E-state index contributed by atoms with van der Waals surface area (Å²) >= 11 is 5.90. The molecule has 88 valence electrons. The smallest absolute Gasteiger partial charge is 0.226 e. The summed E-state index contributed by atoms with van der Waals surface area (Å²) in [7, 11) is 0. The van der Waals surface area contributed by atoms with Crippen molar-refractivity contribution in [3.05, 3.63) is 0 Å². The van der Waals surface area contributed by atoms with E-state index in [2.05, 4.69) is 12.2 Å². The van der Waals surface area contributed by atoms with E-state index in [1.54, 1.807) is 0 Å². The molecule has 0 aliphatic heterocycles. The monoisotopic (exact) mass is 231 g/mol. The predicted octanol–water partition coefficient (Wildman–Crippen LogP) is 3.09. The van der Waals surface area contributed by atoms with E-state index in [0.717, 1.165) is 19.3 Å². The molecule has 0 bridgehead atoms. The lowest BCUT2D eigenvalue weighted by molar-refractivity contribution is -0.130. The minimum absolute atomic E-state index is 0.121. The second kappa shape index (κ2) is 5.20. The van der Waals surface area contributed by atoms with Gasteiger partial charge in [0, 0.05) is 16.8 Å². The second-order valence-electron chi connectivity index (χ2n) is 5.16. The van der Waals surface area contributed by atoms with E-state index >= 15 is 0 Å². The third-order valence-electron chi connectivity index (χ3n) is 3.31. The van der Waals surface area contributed by atoms with Crippen molar-refractivity contribution in [2.24, 2.45) is 5.41 Å². The van der Waals surface area contributed by atoms with Crippen LogP contribution in [0.5, 0.6) is 0 Å². The summed E-state index contributed by atoms with van der Waals surface area (Å²) in [6.45, 7) is 6.06. The molecule has 2 unspecified atom stereocenters. The molecule has 1 aliphatic carbocycles. The fraction of sp³-hybridized carbons (Fsp3) is 0.917. The summed E-state index contributed by atoms with van der Waals surface area (Å²) in [4.78, 5) is 12.0. The highest BCUT2D eigenvalue weighted by atomic mass is 35.5. The van der Waals surface area contributed by atoms with Gasteiger partial charge in [0.2, 0.25) is 5.91 Å². The molecule has 0 spiro atoms. The fourth-order valence-corrected chi connectivity index (χ4v) is 2.59. The molecule has 1 amide bonds. The molecule has 1 aliphatic rings. The van der Waals surface area contributed by atoms with Crippen molar-refractivity contribution in [2.75, 3.05) is 0 Å². The molecular formula is C12H22ClNO. The zero-order valence-corrected chi connectivity index (χ0v) is 10.7. The SMILES string of the molecule is CC(Cl)CC(C)NC(=O)C1(C)CCCC1. The van der Waals surface area contributed by atoms with Gasteiger partial charge in [0.15, 0.2) is 0 Å². The number of alkyl halides is 1. The lowest BCUT2D eigenvalue weighted by Gasteiger charge is -2.25. The summed E-state index contributed by atoms with van der Waals surface area (Å²) in [5.74, 6) is 0.213. The van der Waals surface area contributed by atoms with Crippen LogP contribution in [-0.4, -0.2) is 17.3 Å². The van der Waals surface area contributed by atoms with Gasteiger partial charge in [-0.25, -0.2) is 0 Å². The second-order valence-corrected chi connectivity index (χ2v) is 5.90. The van der Waals surface area contributed by atoms with Crippen LogP contribution in [0.25, 0.3) is 0 Å². The topological polar surface area (TPSA) is 29.1 Å². The van der Waals surface area contributed by atoms with Crippen LogP contribution in [0.2, 0.25) is 0 Å². The molecule has 1 rings (SSSR count). The molecule has 0 aromatic heterocycles. The number of carbonyl (C=O) groups excluding carboxylic acids is 1. The van der Waals surface area contributed by atoms with Gasteiger partial charge in [-0.1, -0.05) is 19.8 Å². The Morgan fingerprint density at radius 1 is 1.40 bits per heavy atom. The van der Waals surface area contributed by atoms with Crippen molar-refractivity contribution in [2.45, 2.75) is 64.3 Å². The summed E-state index contributed by atoms with van der Waals surface area (Å²) in [6.07, 6.45) is 5.27. The van der Waals surface area contributed by atoms with Crippen LogP contribution in [0.3, 0.4) is 0 Å². The lowest BCUT2D eigenvalue weighted by Crippen LogP contribution is -2.42. The first-order chi connectivity index (χ1) is 6.94. The van der Waals surface area contributed by atoms with E-state index in [1.165, 1.54) is 12.8 Å². The molecule has 0 saturated heterocycles. The molecule has 1 N–H and O–H groups in total. The third kappa shape index (κ3) is 3.67. The predicted molar refractivity (Wildman–Crippen MR) is 64.1 cm³/mol. The quantitative estimate of drug-likeness (QED) is 0.741. The molecule has 1 saturated carbocycles. The van der Waals surface area contributed by atoms with E-state index in [-0.39, 0.29) is 22.7 Å². The Balaban J connectivity index is 2.40. The maximum atomic E-state index is 12.0.